The maximum atomic E-state index is 5.83. The Morgan fingerprint density at radius 2 is 2.05 bits per heavy atom. The van der Waals surface area contributed by atoms with Gasteiger partial charge in [0.05, 0.1) is 6.61 Å². The van der Waals surface area contributed by atoms with Crippen molar-refractivity contribution in [3.05, 3.63) is 29.8 Å². The zero-order valence-electron chi connectivity index (χ0n) is 13.0. The summed E-state index contributed by atoms with van der Waals surface area (Å²) in [6, 6.07) is 8.16. The van der Waals surface area contributed by atoms with Crippen LogP contribution in [-0.2, 0) is 0 Å². The molecule has 0 spiro atoms. The smallest absolute Gasteiger partial charge is 0.188 e. The van der Waals surface area contributed by atoms with Gasteiger partial charge in [-0.3, -0.25) is 4.99 Å². The van der Waals surface area contributed by atoms with Crippen molar-refractivity contribution in [3.8, 4) is 5.75 Å². The van der Waals surface area contributed by atoms with Gasteiger partial charge in [-0.2, -0.15) is 0 Å². The molecule has 1 aliphatic carbocycles. The highest BCUT2D eigenvalue weighted by molar-refractivity contribution is 5.77. The first-order chi connectivity index (χ1) is 10.2. The molecule has 0 heterocycles. The summed E-state index contributed by atoms with van der Waals surface area (Å²) < 4.78 is 5.68. The molecule has 4 nitrogen and oxygen atoms in total. The molecule has 0 amide bonds. The lowest BCUT2D eigenvalue weighted by atomic mass is 9.86. The van der Waals surface area contributed by atoms with Gasteiger partial charge in [-0.05, 0) is 50.7 Å². The van der Waals surface area contributed by atoms with Crippen LogP contribution in [0, 0.1) is 12.8 Å². The third-order valence-corrected chi connectivity index (χ3v) is 3.91. The van der Waals surface area contributed by atoms with Crippen LogP contribution in [0.5, 0.6) is 5.75 Å². The largest absolute Gasteiger partial charge is 0.494 e. The summed E-state index contributed by atoms with van der Waals surface area (Å²) in [7, 11) is 0. The van der Waals surface area contributed by atoms with Crippen molar-refractivity contribution in [3.63, 3.8) is 0 Å². The van der Waals surface area contributed by atoms with E-state index in [0.717, 1.165) is 44.2 Å². The number of nitrogens with zero attached hydrogens (tertiary/aromatic N) is 1. The first-order valence-corrected chi connectivity index (χ1v) is 7.97. The molecule has 0 unspecified atom stereocenters. The van der Waals surface area contributed by atoms with Crippen molar-refractivity contribution in [2.75, 3.05) is 19.7 Å². The third kappa shape index (κ3) is 6.06. The summed E-state index contributed by atoms with van der Waals surface area (Å²) in [4.78, 5) is 4.37. The van der Waals surface area contributed by atoms with Crippen LogP contribution < -0.4 is 15.8 Å². The first-order valence-electron chi connectivity index (χ1n) is 7.97. The van der Waals surface area contributed by atoms with E-state index in [4.69, 9.17) is 10.5 Å². The van der Waals surface area contributed by atoms with Crippen molar-refractivity contribution >= 4 is 5.96 Å². The fourth-order valence-electron chi connectivity index (χ4n) is 2.23. The number of guanidine groups is 1. The lowest BCUT2D eigenvalue weighted by Gasteiger charge is -2.23. The molecule has 0 aliphatic heterocycles. The fourth-order valence-corrected chi connectivity index (χ4v) is 2.23. The fraction of sp³-hybridized carbons (Fsp3) is 0.588. The van der Waals surface area contributed by atoms with E-state index in [1.807, 2.05) is 12.1 Å². The Hall–Kier alpha value is -1.71. The molecule has 21 heavy (non-hydrogen) atoms. The third-order valence-electron chi connectivity index (χ3n) is 3.91. The molecule has 1 saturated carbocycles. The quantitative estimate of drug-likeness (QED) is 0.439. The topological polar surface area (TPSA) is 59.6 Å². The minimum absolute atomic E-state index is 0.585. The summed E-state index contributed by atoms with van der Waals surface area (Å²) in [6.45, 7) is 4.56. The summed E-state index contributed by atoms with van der Waals surface area (Å²) >= 11 is 0. The van der Waals surface area contributed by atoms with Gasteiger partial charge in [0.25, 0.3) is 0 Å². The molecule has 3 N–H and O–H groups in total. The molecule has 1 fully saturated rings. The number of ether oxygens (including phenoxy) is 1. The second-order valence-electron chi connectivity index (χ2n) is 5.82. The van der Waals surface area contributed by atoms with E-state index in [-0.39, 0.29) is 0 Å². The molecular formula is C17H27N3O. The van der Waals surface area contributed by atoms with Crippen LogP contribution in [0.1, 0.15) is 37.7 Å². The maximum absolute atomic E-state index is 5.83. The van der Waals surface area contributed by atoms with E-state index in [2.05, 4.69) is 29.4 Å². The van der Waals surface area contributed by atoms with Gasteiger partial charge in [-0.15, -0.1) is 0 Å². The molecule has 0 saturated heterocycles. The Bertz CT molecular complexity index is 438. The van der Waals surface area contributed by atoms with Crippen LogP contribution in [0.2, 0.25) is 0 Å². The minimum atomic E-state index is 0.585. The van der Waals surface area contributed by atoms with Crippen LogP contribution >= 0.6 is 0 Å². The van der Waals surface area contributed by atoms with Gasteiger partial charge < -0.3 is 15.8 Å². The highest BCUT2D eigenvalue weighted by Crippen LogP contribution is 2.26. The van der Waals surface area contributed by atoms with Crippen LogP contribution in [0.15, 0.2) is 29.3 Å². The van der Waals surface area contributed by atoms with Gasteiger partial charge in [-0.1, -0.05) is 24.1 Å². The number of nitrogens with one attached hydrogen (secondary N) is 1. The molecule has 1 aromatic rings. The molecule has 116 valence electrons. The van der Waals surface area contributed by atoms with Gasteiger partial charge in [-0.25, -0.2) is 0 Å². The number of aryl methyl sites for hydroxylation is 1. The minimum Gasteiger partial charge on any atom is -0.494 e. The van der Waals surface area contributed by atoms with E-state index in [1.165, 1.54) is 24.8 Å². The molecule has 0 atom stereocenters. The highest BCUT2D eigenvalue weighted by Gasteiger charge is 2.16. The maximum Gasteiger partial charge on any atom is 0.188 e. The Morgan fingerprint density at radius 3 is 2.71 bits per heavy atom. The molecule has 0 bridgehead atoms. The van der Waals surface area contributed by atoms with E-state index < -0.39 is 0 Å². The Morgan fingerprint density at radius 1 is 1.29 bits per heavy atom. The van der Waals surface area contributed by atoms with E-state index >= 15 is 0 Å². The molecule has 0 aromatic heterocycles. The van der Waals surface area contributed by atoms with Crippen molar-refractivity contribution in [2.45, 2.75) is 39.0 Å². The summed E-state index contributed by atoms with van der Waals surface area (Å²) in [6.07, 6.45) is 6.02. The predicted molar refractivity (Wildman–Crippen MR) is 87.7 cm³/mol. The van der Waals surface area contributed by atoms with Crippen LogP contribution in [0.25, 0.3) is 0 Å². The van der Waals surface area contributed by atoms with Crippen LogP contribution in [0.4, 0.5) is 0 Å². The number of hydrogen-bond donors (Lipinski definition) is 2. The van der Waals surface area contributed by atoms with Crippen molar-refractivity contribution in [1.29, 1.82) is 0 Å². The van der Waals surface area contributed by atoms with E-state index in [1.54, 1.807) is 0 Å². The predicted octanol–water partition coefficient (Wildman–Crippen LogP) is 2.86. The number of nitrogens with two attached hydrogens (primary N) is 1. The monoisotopic (exact) mass is 289 g/mol. The molecular weight excluding hydrogens is 262 g/mol. The van der Waals surface area contributed by atoms with Crippen LogP contribution in [0.3, 0.4) is 0 Å². The van der Waals surface area contributed by atoms with Crippen molar-refractivity contribution in [1.82, 2.24) is 5.32 Å². The molecule has 1 aromatic carbocycles. The number of aliphatic imine (C=N–C) groups is 1. The van der Waals surface area contributed by atoms with Gasteiger partial charge in [0.15, 0.2) is 5.96 Å². The molecule has 0 radical (unpaired) electrons. The summed E-state index contributed by atoms with van der Waals surface area (Å²) in [5.41, 5.74) is 7.08. The summed E-state index contributed by atoms with van der Waals surface area (Å²) in [5.74, 6) is 2.30. The van der Waals surface area contributed by atoms with Crippen molar-refractivity contribution in [2.24, 2.45) is 16.6 Å². The number of benzene rings is 1. The zero-order chi connectivity index (χ0) is 14.9. The molecule has 1 aliphatic rings. The Labute approximate surface area is 127 Å². The lowest BCUT2D eigenvalue weighted by Crippen LogP contribution is -2.33. The van der Waals surface area contributed by atoms with Crippen LogP contribution in [-0.4, -0.2) is 25.7 Å². The standard InChI is InChI=1S/C17H27N3O/c1-14-7-9-16(10-8-14)21-12-3-2-11-19-17(18)20-13-15-5-4-6-15/h7-10,15H,2-6,11-13H2,1H3,(H3,18,19,20). The summed E-state index contributed by atoms with van der Waals surface area (Å²) in [5, 5.41) is 3.16. The molecule has 4 heteroatoms. The number of unbranched alkanes of at least 4 members (excludes halogenated alkanes) is 1. The number of rotatable bonds is 8. The van der Waals surface area contributed by atoms with Gasteiger partial charge in [0.2, 0.25) is 0 Å². The second-order valence-corrected chi connectivity index (χ2v) is 5.82. The van der Waals surface area contributed by atoms with Crippen molar-refractivity contribution < 1.29 is 4.74 Å². The Kier molecular flexibility index (Phi) is 6.38. The number of hydrogen-bond acceptors (Lipinski definition) is 2. The normalized spacial score (nSPS) is 15.6. The first kappa shape index (κ1) is 15.7. The van der Waals surface area contributed by atoms with E-state index in [0.29, 0.717) is 5.96 Å². The molecule has 2 rings (SSSR count). The van der Waals surface area contributed by atoms with Gasteiger partial charge >= 0.3 is 0 Å². The lowest BCUT2D eigenvalue weighted by molar-refractivity contribution is 0.307. The Balaban J connectivity index is 1.48. The van der Waals surface area contributed by atoms with Gasteiger partial charge in [0.1, 0.15) is 5.75 Å². The SMILES string of the molecule is Cc1ccc(OCCCCNC(N)=NCC2CCC2)cc1. The average Bonchev–Trinajstić information content (AvgIpc) is 2.43. The second kappa shape index (κ2) is 8.55. The van der Waals surface area contributed by atoms with Gasteiger partial charge in [0, 0.05) is 13.1 Å². The van der Waals surface area contributed by atoms with E-state index in [9.17, 15) is 0 Å². The average molecular weight is 289 g/mol. The highest BCUT2D eigenvalue weighted by atomic mass is 16.5. The zero-order valence-corrected chi connectivity index (χ0v) is 13.0.